The van der Waals surface area contributed by atoms with Gasteiger partial charge in [0.1, 0.15) is 17.9 Å². The van der Waals surface area contributed by atoms with Gasteiger partial charge in [0.2, 0.25) is 11.8 Å². The standard InChI is InChI=1S/C44H47FN8O5/c1-27-22-44(26-52(27)36-10-5-30(23-46)39(45)28(36)2)13-15-48(16-14-44)31-6-3-29(4-7-31)41(56)50-19-17-49(18-20-50)33-24-51(25-33)32-8-9-34-35(21-32)43(58)53(42(34)57)37-11-12-38(54)47-40(37)55/h3-10,21,27,33,37H,11-20,22,24-26H2,1-2H3,(H,47,54,55)/t27-,37?/m0/s1. The van der Waals surface area contributed by atoms with Gasteiger partial charge in [-0.3, -0.25) is 39.1 Å². The minimum atomic E-state index is -0.988. The van der Waals surface area contributed by atoms with E-state index < -0.39 is 35.5 Å². The Labute approximate surface area is 336 Å². The second kappa shape index (κ2) is 14.5. The summed E-state index contributed by atoms with van der Waals surface area (Å²) in [5, 5.41) is 11.5. The van der Waals surface area contributed by atoms with E-state index in [1.54, 1.807) is 25.1 Å². The highest BCUT2D eigenvalue weighted by molar-refractivity contribution is 6.23. The number of nitrogens with one attached hydrogen (secondary N) is 1. The van der Waals surface area contributed by atoms with Crippen molar-refractivity contribution in [3.63, 3.8) is 0 Å². The van der Waals surface area contributed by atoms with Crippen LogP contribution in [0.25, 0.3) is 0 Å². The second-order valence-corrected chi connectivity index (χ2v) is 17.0. The van der Waals surface area contributed by atoms with Crippen LogP contribution in [0.2, 0.25) is 0 Å². The van der Waals surface area contributed by atoms with E-state index in [-0.39, 0.29) is 46.9 Å². The van der Waals surface area contributed by atoms with Gasteiger partial charge in [-0.25, -0.2) is 4.39 Å². The number of carbonyl (C=O) groups excluding carboxylic acids is 5. The first-order valence-electron chi connectivity index (χ1n) is 20.4. The van der Waals surface area contributed by atoms with Crippen LogP contribution in [0, 0.1) is 29.5 Å². The van der Waals surface area contributed by atoms with Crippen LogP contribution in [-0.4, -0.2) is 121 Å². The summed E-state index contributed by atoms with van der Waals surface area (Å²) in [6.45, 7) is 11.0. The first-order chi connectivity index (χ1) is 27.9. The Hall–Kier alpha value is -5.81. The third kappa shape index (κ3) is 6.45. The van der Waals surface area contributed by atoms with Crippen LogP contribution in [0.4, 0.5) is 21.5 Å². The topological polar surface area (TPSA) is 141 Å². The number of hydrogen-bond donors (Lipinski definition) is 1. The van der Waals surface area contributed by atoms with Crippen molar-refractivity contribution in [2.75, 3.05) is 73.6 Å². The number of fused-ring (bicyclic) bond motifs is 1. The fourth-order valence-electron chi connectivity index (χ4n) is 10.2. The molecule has 0 bridgehead atoms. The van der Waals surface area contributed by atoms with E-state index in [0.717, 1.165) is 87.0 Å². The largest absolute Gasteiger partial charge is 0.371 e. The van der Waals surface area contributed by atoms with E-state index in [9.17, 15) is 33.6 Å². The third-order valence-electron chi connectivity index (χ3n) is 13.6. The molecule has 6 aliphatic rings. The molecule has 13 nitrogen and oxygen atoms in total. The summed E-state index contributed by atoms with van der Waals surface area (Å²) < 4.78 is 14.8. The molecule has 0 saturated carbocycles. The van der Waals surface area contributed by atoms with Crippen molar-refractivity contribution in [2.45, 2.75) is 64.1 Å². The molecule has 9 rings (SSSR count). The first-order valence-corrected chi connectivity index (χ1v) is 20.4. The summed E-state index contributed by atoms with van der Waals surface area (Å²) in [7, 11) is 0. The zero-order valence-electron chi connectivity index (χ0n) is 32.9. The molecule has 6 heterocycles. The van der Waals surface area contributed by atoms with Crippen molar-refractivity contribution >= 4 is 46.6 Å². The summed E-state index contributed by atoms with van der Waals surface area (Å²) in [5.41, 5.74) is 4.87. The van der Waals surface area contributed by atoms with Crippen molar-refractivity contribution < 1.29 is 28.4 Å². The molecule has 1 unspecified atom stereocenters. The summed E-state index contributed by atoms with van der Waals surface area (Å²) in [4.78, 5) is 76.2. The lowest BCUT2D eigenvalue weighted by molar-refractivity contribution is -0.136. The molecule has 1 spiro atoms. The van der Waals surface area contributed by atoms with Gasteiger partial charge in [0.25, 0.3) is 17.7 Å². The Morgan fingerprint density at radius 3 is 2.24 bits per heavy atom. The number of anilines is 3. The van der Waals surface area contributed by atoms with E-state index in [4.69, 9.17) is 0 Å². The fourth-order valence-corrected chi connectivity index (χ4v) is 10.2. The molecule has 3 aromatic carbocycles. The second-order valence-electron chi connectivity index (χ2n) is 17.0. The molecule has 0 aliphatic carbocycles. The lowest BCUT2D eigenvalue weighted by Crippen LogP contribution is -2.63. The van der Waals surface area contributed by atoms with Gasteiger partial charge in [-0.05, 0) is 99.5 Å². The van der Waals surface area contributed by atoms with Gasteiger partial charge in [0, 0.05) is 106 Å². The Morgan fingerprint density at radius 1 is 0.862 bits per heavy atom. The van der Waals surface area contributed by atoms with Crippen LogP contribution >= 0.6 is 0 Å². The quantitative estimate of drug-likeness (QED) is 0.366. The summed E-state index contributed by atoms with van der Waals surface area (Å²) in [6, 6.07) is 18.3. The lowest BCUT2D eigenvalue weighted by atomic mass is 9.76. The van der Waals surface area contributed by atoms with E-state index >= 15 is 0 Å². The van der Waals surface area contributed by atoms with Crippen molar-refractivity contribution in [3.05, 3.63) is 88.2 Å². The maximum atomic E-state index is 14.8. The van der Waals surface area contributed by atoms with Gasteiger partial charge in [-0.2, -0.15) is 5.26 Å². The molecule has 58 heavy (non-hydrogen) atoms. The highest BCUT2D eigenvalue weighted by atomic mass is 19.1. The van der Waals surface area contributed by atoms with Crippen molar-refractivity contribution in [1.29, 1.82) is 5.26 Å². The lowest BCUT2D eigenvalue weighted by Gasteiger charge is -2.49. The zero-order valence-corrected chi connectivity index (χ0v) is 32.9. The number of piperazine rings is 1. The molecule has 0 radical (unpaired) electrons. The van der Waals surface area contributed by atoms with E-state index in [1.165, 1.54) is 0 Å². The van der Waals surface area contributed by atoms with Gasteiger partial charge < -0.3 is 19.6 Å². The number of hydrogen-bond acceptors (Lipinski definition) is 10. The number of piperidine rings is 2. The maximum absolute atomic E-state index is 14.8. The first kappa shape index (κ1) is 37.7. The predicted molar refractivity (Wildman–Crippen MR) is 214 cm³/mol. The maximum Gasteiger partial charge on any atom is 0.262 e. The van der Waals surface area contributed by atoms with Gasteiger partial charge in [0.15, 0.2) is 0 Å². The van der Waals surface area contributed by atoms with E-state index in [2.05, 4.69) is 44.0 Å². The van der Waals surface area contributed by atoms with Crippen molar-refractivity contribution in [1.82, 2.24) is 20.0 Å². The zero-order chi connectivity index (χ0) is 40.5. The van der Waals surface area contributed by atoms with Crippen LogP contribution in [0.3, 0.4) is 0 Å². The molecule has 2 atom stereocenters. The molecule has 14 heteroatoms. The van der Waals surface area contributed by atoms with Crippen molar-refractivity contribution in [3.8, 4) is 6.07 Å². The van der Waals surface area contributed by atoms with Crippen LogP contribution in [-0.2, 0) is 9.59 Å². The third-order valence-corrected chi connectivity index (χ3v) is 13.6. The van der Waals surface area contributed by atoms with Gasteiger partial charge >= 0.3 is 0 Å². The Bertz CT molecular complexity index is 2250. The highest BCUT2D eigenvalue weighted by Gasteiger charge is 2.46. The molecule has 3 aromatic rings. The number of benzene rings is 3. The average Bonchev–Trinajstić information content (AvgIpc) is 3.66. The van der Waals surface area contributed by atoms with Gasteiger partial charge in [-0.15, -0.1) is 0 Å². The summed E-state index contributed by atoms with van der Waals surface area (Å²) in [5.74, 6) is -2.42. The number of rotatable bonds is 6. The minimum Gasteiger partial charge on any atom is -0.371 e. The molecule has 1 N–H and O–H groups in total. The number of nitriles is 1. The fraction of sp³-hybridized carbons (Fsp3) is 0.455. The van der Waals surface area contributed by atoms with E-state index in [0.29, 0.717) is 30.3 Å². The summed E-state index contributed by atoms with van der Waals surface area (Å²) >= 11 is 0. The van der Waals surface area contributed by atoms with Crippen molar-refractivity contribution in [2.24, 2.45) is 5.41 Å². The molecule has 5 fully saturated rings. The molecule has 300 valence electrons. The molecule has 0 aromatic heterocycles. The van der Waals surface area contributed by atoms with Crippen LogP contribution in [0.15, 0.2) is 54.6 Å². The number of imide groups is 2. The molecular formula is C44H47FN8O5. The molecule has 5 amide bonds. The number of halogens is 1. The van der Waals surface area contributed by atoms with Crippen LogP contribution in [0.1, 0.15) is 81.2 Å². The Morgan fingerprint density at radius 2 is 1.55 bits per heavy atom. The minimum absolute atomic E-state index is 0.0392. The average molecular weight is 787 g/mol. The normalized spacial score (nSPS) is 23.7. The Kier molecular flexibility index (Phi) is 9.46. The van der Waals surface area contributed by atoms with E-state index in [1.807, 2.05) is 35.2 Å². The SMILES string of the molecule is Cc1c(N2CC3(CCN(c4ccc(C(=O)N5CCN(C6CN(c7ccc8c(c7)C(=O)N(C7CCC(=O)NC7=O)C8=O)C6)CC5)cc4)CC3)C[C@@H]2C)ccc(C#N)c1F. The summed E-state index contributed by atoms with van der Waals surface area (Å²) in [6.07, 6.45) is 3.33. The Balaban J connectivity index is 0.744. The molecule has 5 saturated heterocycles. The molecule has 6 aliphatic heterocycles. The van der Waals surface area contributed by atoms with Gasteiger partial charge in [0.05, 0.1) is 16.7 Å². The molecular weight excluding hydrogens is 740 g/mol. The number of carbonyl (C=O) groups is 5. The van der Waals surface area contributed by atoms with Crippen LogP contribution < -0.4 is 20.0 Å². The van der Waals surface area contributed by atoms with Crippen LogP contribution in [0.5, 0.6) is 0 Å². The number of nitrogens with zero attached hydrogens (tertiary/aromatic N) is 7. The highest BCUT2D eigenvalue weighted by Crippen LogP contribution is 2.46. The number of amides is 5. The smallest absolute Gasteiger partial charge is 0.262 e. The predicted octanol–water partition coefficient (Wildman–Crippen LogP) is 3.94. The monoisotopic (exact) mass is 786 g/mol. The van der Waals surface area contributed by atoms with Gasteiger partial charge in [-0.1, -0.05) is 0 Å².